The van der Waals surface area contributed by atoms with E-state index in [2.05, 4.69) is 5.32 Å². The molecule has 1 atom stereocenters. The fourth-order valence-electron chi connectivity index (χ4n) is 2.09. The van der Waals surface area contributed by atoms with E-state index >= 15 is 0 Å². The Morgan fingerprint density at radius 2 is 1.76 bits per heavy atom. The van der Waals surface area contributed by atoms with Gasteiger partial charge in [-0.2, -0.15) is 0 Å². The second-order valence-electron chi connectivity index (χ2n) is 4.73. The van der Waals surface area contributed by atoms with Crippen LogP contribution in [0.2, 0.25) is 0 Å². The number of hydrogen-bond donors (Lipinski definition) is 3. The summed E-state index contributed by atoms with van der Waals surface area (Å²) >= 11 is 0. The van der Waals surface area contributed by atoms with Crippen LogP contribution in [0.3, 0.4) is 0 Å². The van der Waals surface area contributed by atoms with Gasteiger partial charge in [-0.05, 0) is 12.8 Å². The summed E-state index contributed by atoms with van der Waals surface area (Å²) in [5.74, 6) is -2.92. The number of carbonyl (C=O) groups excluding carboxylic acids is 1. The normalized spacial score (nSPS) is 19.6. The average molecular weight is 243 g/mol. The third-order valence-corrected chi connectivity index (χ3v) is 3.24. The molecular weight excluding hydrogens is 226 g/mol. The number of rotatable bonds is 5. The van der Waals surface area contributed by atoms with Crippen molar-refractivity contribution < 1.29 is 24.6 Å². The van der Waals surface area contributed by atoms with Crippen LogP contribution < -0.4 is 5.32 Å². The first-order chi connectivity index (χ1) is 7.85. The molecule has 0 aromatic heterocycles. The van der Waals surface area contributed by atoms with E-state index in [-0.39, 0.29) is 5.91 Å². The monoisotopic (exact) mass is 243 g/mol. The van der Waals surface area contributed by atoms with Crippen LogP contribution in [-0.2, 0) is 14.4 Å². The van der Waals surface area contributed by atoms with Crippen molar-refractivity contribution in [3.05, 3.63) is 0 Å². The highest BCUT2D eigenvalue weighted by Crippen LogP contribution is 2.37. The molecule has 1 aliphatic rings. The van der Waals surface area contributed by atoms with Crippen LogP contribution in [-0.4, -0.2) is 34.1 Å². The Bertz CT molecular complexity index is 333. The Balaban J connectivity index is 2.63. The van der Waals surface area contributed by atoms with Gasteiger partial charge in [0.2, 0.25) is 5.91 Å². The van der Waals surface area contributed by atoms with E-state index in [1.54, 1.807) is 6.92 Å². The van der Waals surface area contributed by atoms with Crippen LogP contribution in [0.1, 0.15) is 39.0 Å². The number of carboxylic acid groups (broad SMARTS) is 2. The van der Waals surface area contributed by atoms with E-state index in [0.29, 0.717) is 0 Å². The molecule has 1 aliphatic carbocycles. The fraction of sp³-hybridized carbons (Fsp3) is 0.727. The van der Waals surface area contributed by atoms with Gasteiger partial charge in [-0.3, -0.25) is 9.59 Å². The molecule has 0 aliphatic heterocycles. The van der Waals surface area contributed by atoms with E-state index in [9.17, 15) is 14.4 Å². The van der Waals surface area contributed by atoms with E-state index in [1.807, 2.05) is 0 Å². The molecule has 0 saturated heterocycles. The second-order valence-corrected chi connectivity index (χ2v) is 4.73. The molecule has 17 heavy (non-hydrogen) atoms. The largest absolute Gasteiger partial charge is 0.481 e. The smallest absolute Gasteiger partial charge is 0.326 e. The van der Waals surface area contributed by atoms with E-state index in [1.165, 1.54) is 0 Å². The Hall–Kier alpha value is -1.59. The molecule has 0 heterocycles. The highest BCUT2D eigenvalue weighted by atomic mass is 16.4. The van der Waals surface area contributed by atoms with Crippen molar-refractivity contribution in [3.63, 3.8) is 0 Å². The van der Waals surface area contributed by atoms with Crippen LogP contribution in [0.5, 0.6) is 0 Å². The summed E-state index contributed by atoms with van der Waals surface area (Å²) in [5, 5.41) is 19.7. The maximum atomic E-state index is 11.9. The minimum absolute atomic E-state index is 0.358. The summed E-state index contributed by atoms with van der Waals surface area (Å²) in [6, 6.07) is -1.35. The molecule has 96 valence electrons. The van der Waals surface area contributed by atoms with Gasteiger partial charge in [0.05, 0.1) is 6.42 Å². The van der Waals surface area contributed by atoms with Crippen molar-refractivity contribution in [2.24, 2.45) is 5.41 Å². The van der Waals surface area contributed by atoms with Crippen LogP contribution in [0.4, 0.5) is 0 Å². The Labute approximate surface area is 99.0 Å². The zero-order valence-electron chi connectivity index (χ0n) is 9.73. The summed E-state index contributed by atoms with van der Waals surface area (Å²) in [5.41, 5.74) is -0.549. The molecule has 1 fully saturated rings. The number of hydrogen-bond acceptors (Lipinski definition) is 3. The van der Waals surface area contributed by atoms with Gasteiger partial charge >= 0.3 is 11.9 Å². The summed E-state index contributed by atoms with van der Waals surface area (Å²) in [6.07, 6.45) is 2.73. The zero-order chi connectivity index (χ0) is 13.1. The van der Waals surface area contributed by atoms with Crippen LogP contribution in [0.25, 0.3) is 0 Å². The van der Waals surface area contributed by atoms with E-state index in [0.717, 1.165) is 25.7 Å². The van der Waals surface area contributed by atoms with Crippen LogP contribution in [0, 0.1) is 5.41 Å². The third kappa shape index (κ3) is 3.44. The summed E-state index contributed by atoms with van der Waals surface area (Å²) in [7, 11) is 0. The molecule has 1 unspecified atom stereocenters. The maximum absolute atomic E-state index is 11.9. The lowest BCUT2D eigenvalue weighted by molar-refractivity contribution is -0.148. The first-order valence-corrected chi connectivity index (χ1v) is 5.61. The highest BCUT2D eigenvalue weighted by Gasteiger charge is 2.38. The lowest BCUT2D eigenvalue weighted by Gasteiger charge is -2.24. The number of aliphatic carboxylic acids is 2. The summed E-state index contributed by atoms with van der Waals surface area (Å²) in [6.45, 7) is 1.79. The van der Waals surface area contributed by atoms with Crippen molar-refractivity contribution in [2.45, 2.75) is 45.1 Å². The van der Waals surface area contributed by atoms with Gasteiger partial charge in [0.25, 0.3) is 0 Å². The SMILES string of the molecule is CC1(C(=O)NC(CC(=O)O)C(=O)O)CCCC1. The molecule has 0 aromatic carbocycles. The zero-order valence-corrected chi connectivity index (χ0v) is 9.73. The minimum Gasteiger partial charge on any atom is -0.481 e. The fourth-order valence-corrected chi connectivity index (χ4v) is 2.09. The first-order valence-electron chi connectivity index (χ1n) is 5.61. The lowest BCUT2D eigenvalue weighted by Crippen LogP contribution is -2.47. The van der Waals surface area contributed by atoms with E-state index in [4.69, 9.17) is 10.2 Å². The maximum Gasteiger partial charge on any atom is 0.326 e. The lowest BCUT2D eigenvalue weighted by atomic mass is 9.87. The van der Waals surface area contributed by atoms with Crippen LogP contribution >= 0.6 is 0 Å². The molecule has 3 N–H and O–H groups in total. The van der Waals surface area contributed by atoms with Crippen molar-refractivity contribution in [2.75, 3.05) is 0 Å². The molecule has 6 nitrogen and oxygen atoms in total. The molecule has 0 spiro atoms. The van der Waals surface area contributed by atoms with Gasteiger partial charge in [-0.25, -0.2) is 4.79 Å². The molecule has 6 heteroatoms. The van der Waals surface area contributed by atoms with Gasteiger partial charge in [0.1, 0.15) is 6.04 Å². The number of nitrogens with one attached hydrogen (secondary N) is 1. The van der Waals surface area contributed by atoms with Gasteiger partial charge < -0.3 is 15.5 Å². The second kappa shape index (κ2) is 5.16. The third-order valence-electron chi connectivity index (χ3n) is 3.24. The molecular formula is C11H17NO5. The molecule has 1 saturated carbocycles. The summed E-state index contributed by atoms with van der Waals surface area (Å²) < 4.78 is 0. The highest BCUT2D eigenvalue weighted by molar-refractivity contribution is 5.89. The number of amides is 1. The van der Waals surface area contributed by atoms with Gasteiger partial charge in [0.15, 0.2) is 0 Å². The standard InChI is InChI=1S/C11H17NO5/c1-11(4-2-3-5-11)10(17)12-7(9(15)16)6-8(13)14/h7H,2-6H2,1H3,(H,12,17)(H,13,14)(H,15,16). The Kier molecular flexibility index (Phi) is 4.09. The van der Waals surface area contributed by atoms with Crippen molar-refractivity contribution >= 4 is 17.8 Å². The van der Waals surface area contributed by atoms with Gasteiger partial charge in [-0.15, -0.1) is 0 Å². The number of carboxylic acids is 2. The van der Waals surface area contributed by atoms with Crippen molar-refractivity contribution in [1.82, 2.24) is 5.32 Å². The van der Waals surface area contributed by atoms with Gasteiger partial charge in [-0.1, -0.05) is 19.8 Å². The van der Waals surface area contributed by atoms with E-state index < -0.39 is 29.8 Å². The first kappa shape index (κ1) is 13.5. The molecule has 0 radical (unpaired) electrons. The minimum atomic E-state index is -1.35. The predicted octanol–water partition coefficient (Wildman–Crippen LogP) is 0.611. The topological polar surface area (TPSA) is 104 Å². The molecule has 1 amide bonds. The molecule has 0 aromatic rings. The summed E-state index contributed by atoms with van der Waals surface area (Å²) in [4.78, 5) is 33.2. The van der Waals surface area contributed by atoms with Gasteiger partial charge in [0, 0.05) is 5.41 Å². The average Bonchev–Trinajstić information content (AvgIpc) is 2.64. The quantitative estimate of drug-likeness (QED) is 0.656. The predicted molar refractivity (Wildman–Crippen MR) is 58.4 cm³/mol. The van der Waals surface area contributed by atoms with Crippen molar-refractivity contribution in [3.8, 4) is 0 Å². The number of carbonyl (C=O) groups is 3. The Morgan fingerprint density at radius 1 is 1.24 bits per heavy atom. The molecule has 1 rings (SSSR count). The Morgan fingerprint density at radius 3 is 2.18 bits per heavy atom. The van der Waals surface area contributed by atoms with Crippen molar-refractivity contribution in [1.29, 1.82) is 0 Å². The molecule has 0 bridgehead atoms. The van der Waals surface area contributed by atoms with Crippen LogP contribution in [0.15, 0.2) is 0 Å².